The summed E-state index contributed by atoms with van der Waals surface area (Å²) in [5.41, 5.74) is 1.19. The Balaban J connectivity index is 1.96. The minimum Gasteiger partial charge on any atom is -0.294 e. The number of halogens is 1. The van der Waals surface area contributed by atoms with Crippen molar-refractivity contribution in [2.24, 2.45) is 0 Å². The lowest BCUT2D eigenvalue weighted by molar-refractivity contribution is 0.583. The number of aromatic nitrogens is 2. The van der Waals surface area contributed by atoms with Crippen molar-refractivity contribution in [2.45, 2.75) is 18.4 Å². The number of rotatable bonds is 4. The maximum absolute atomic E-state index is 12.6. The van der Waals surface area contributed by atoms with Crippen molar-refractivity contribution in [2.75, 3.05) is 0 Å². The lowest BCUT2D eigenvalue weighted by atomic mass is 10.2. The Morgan fingerprint density at radius 1 is 0.958 bits per heavy atom. The van der Waals surface area contributed by atoms with E-state index in [0.29, 0.717) is 5.02 Å². The minimum atomic E-state index is -3.90. The first-order valence-electron chi connectivity index (χ1n) is 7.22. The van der Waals surface area contributed by atoms with Crippen LogP contribution in [0.4, 0.5) is 0 Å². The Bertz CT molecular complexity index is 1020. The van der Waals surface area contributed by atoms with Crippen molar-refractivity contribution in [1.82, 2.24) is 8.54 Å². The van der Waals surface area contributed by atoms with Crippen LogP contribution in [0.3, 0.4) is 0 Å². The summed E-state index contributed by atoms with van der Waals surface area (Å²) in [4.78, 5) is 12.5. The smallest absolute Gasteiger partial charge is 0.294 e. The molecule has 7 heteroatoms. The Morgan fingerprint density at radius 3 is 2.21 bits per heavy atom. The summed E-state index contributed by atoms with van der Waals surface area (Å²) >= 11 is 5.84. The fourth-order valence-electron chi connectivity index (χ4n) is 2.31. The molecule has 3 rings (SSSR count). The molecule has 0 unspecified atom stereocenters. The van der Waals surface area contributed by atoms with Crippen molar-refractivity contribution in [1.29, 1.82) is 0 Å². The third kappa shape index (κ3) is 3.16. The number of hydrogen-bond acceptors (Lipinski definition) is 3. The van der Waals surface area contributed by atoms with E-state index in [1.165, 1.54) is 29.1 Å². The lowest BCUT2D eigenvalue weighted by Crippen LogP contribution is -2.29. The first-order chi connectivity index (χ1) is 11.4. The molecule has 0 saturated heterocycles. The van der Waals surface area contributed by atoms with E-state index < -0.39 is 15.7 Å². The Morgan fingerprint density at radius 2 is 1.58 bits per heavy atom. The molecule has 0 fully saturated rings. The maximum Gasteiger partial charge on any atom is 0.342 e. The summed E-state index contributed by atoms with van der Waals surface area (Å²) in [6, 6.07) is 13.4. The molecule has 1 aromatic heterocycles. The summed E-state index contributed by atoms with van der Waals surface area (Å²) in [5.74, 6) is 0. The van der Waals surface area contributed by atoms with Gasteiger partial charge in [-0.3, -0.25) is 4.57 Å². The van der Waals surface area contributed by atoms with Gasteiger partial charge in [0.2, 0.25) is 0 Å². The quantitative estimate of drug-likeness (QED) is 0.717. The molecular weight excluding hydrogens is 348 g/mol. The number of benzene rings is 2. The van der Waals surface area contributed by atoms with Crippen molar-refractivity contribution >= 4 is 21.6 Å². The van der Waals surface area contributed by atoms with Gasteiger partial charge in [0, 0.05) is 17.4 Å². The second kappa shape index (κ2) is 6.30. The van der Waals surface area contributed by atoms with Gasteiger partial charge in [-0.05, 0) is 36.8 Å². The molecule has 24 heavy (non-hydrogen) atoms. The number of nitrogens with zero attached hydrogens (tertiary/aromatic N) is 2. The maximum atomic E-state index is 12.6. The van der Waals surface area contributed by atoms with Crippen LogP contribution in [0.25, 0.3) is 0 Å². The minimum absolute atomic E-state index is 0.0828. The van der Waals surface area contributed by atoms with Crippen LogP contribution < -0.4 is 5.69 Å². The normalized spacial score (nSPS) is 11.6. The molecule has 0 bridgehead atoms. The largest absolute Gasteiger partial charge is 0.342 e. The summed E-state index contributed by atoms with van der Waals surface area (Å²) < 4.78 is 27.3. The topological polar surface area (TPSA) is 61.1 Å². The number of hydrogen-bond donors (Lipinski definition) is 0. The van der Waals surface area contributed by atoms with Crippen LogP contribution in [-0.4, -0.2) is 17.0 Å². The average molecular weight is 363 g/mol. The predicted molar refractivity (Wildman–Crippen MR) is 93.0 cm³/mol. The van der Waals surface area contributed by atoms with Crippen molar-refractivity contribution in [3.8, 4) is 0 Å². The van der Waals surface area contributed by atoms with Crippen LogP contribution in [0, 0.1) is 6.92 Å². The summed E-state index contributed by atoms with van der Waals surface area (Å²) in [6.07, 6.45) is 2.73. The van der Waals surface area contributed by atoms with Gasteiger partial charge in [-0.2, -0.15) is 3.97 Å². The summed E-state index contributed by atoms with van der Waals surface area (Å²) in [7, 11) is -3.90. The summed E-state index contributed by atoms with van der Waals surface area (Å²) in [5, 5.41) is 0.602. The lowest BCUT2D eigenvalue weighted by Gasteiger charge is -2.05. The molecule has 5 nitrogen and oxygen atoms in total. The van der Waals surface area contributed by atoms with Gasteiger partial charge in [0.15, 0.2) is 0 Å². The van der Waals surface area contributed by atoms with Gasteiger partial charge < -0.3 is 0 Å². The van der Waals surface area contributed by atoms with Gasteiger partial charge in [0.05, 0.1) is 11.4 Å². The van der Waals surface area contributed by atoms with Gasteiger partial charge in [-0.25, -0.2) is 13.2 Å². The van der Waals surface area contributed by atoms with Crippen molar-refractivity contribution in [3.63, 3.8) is 0 Å². The van der Waals surface area contributed by atoms with E-state index in [1.807, 2.05) is 6.92 Å². The van der Waals surface area contributed by atoms with E-state index in [4.69, 9.17) is 11.6 Å². The molecule has 0 amide bonds. The molecule has 0 spiro atoms. The highest BCUT2D eigenvalue weighted by Gasteiger charge is 2.20. The Hall–Kier alpha value is -2.31. The molecule has 0 aliphatic rings. The van der Waals surface area contributed by atoms with Crippen LogP contribution in [0.2, 0.25) is 5.02 Å². The fourth-order valence-corrected chi connectivity index (χ4v) is 3.67. The number of imidazole rings is 1. The van der Waals surface area contributed by atoms with E-state index in [0.717, 1.165) is 15.1 Å². The highest BCUT2D eigenvalue weighted by Crippen LogP contribution is 2.14. The molecule has 124 valence electrons. The zero-order valence-corrected chi connectivity index (χ0v) is 14.5. The zero-order valence-electron chi connectivity index (χ0n) is 12.9. The van der Waals surface area contributed by atoms with Crippen LogP contribution in [0.15, 0.2) is 70.6 Å². The van der Waals surface area contributed by atoms with E-state index in [1.54, 1.807) is 36.4 Å². The average Bonchev–Trinajstić information content (AvgIpc) is 2.92. The molecule has 1 heterocycles. The molecule has 0 aliphatic heterocycles. The monoisotopic (exact) mass is 362 g/mol. The van der Waals surface area contributed by atoms with E-state index in [9.17, 15) is 13.2 Å². The van der Waals surface area contributed by atoms with Crippen LogP contribution >= 0.6 is 11.6 Å². The summed E-state index contributed by atoms with van der Waals surface area (Å²) in [6.45, 7) is 2.14. The van der Waals surface area contributed by atoms with Crippen molar-refractivity contribution in [3.05, 3.63) is 87.6 Å². The molecule has 0 saturated carbocycles. The Kier molecular flexibility index (Phi) is 4.34. The van der Waals surface area contributed by atoms with E-state index >= 15 is 0 Å². The molecule has 2 aromatic carbocycles. The third-order valence-corrected chi connectivity index (χ3v) is 5.58. The molecule has 0 atom stereocenters. The second-order valence-corrected chi connectivity index (χ2v) is 7.70. The van der Waals surface area contributed by atoms with Crippen LogP contribution in [0.1, 0.15) is 11.1 Å². The third-order valence-electron chi connectivity index (χ3n) is 3.66. The van der Waals surface area contributed by atoms with Crippen molar-refractivity contribution < 1.29 is 8.42 Å². The van der Waals surface area contributed by atoms with Gasteiger partial charge in [0.1, 0.15) is 0 Å². The molecule has 0 N–H and O–H groups in total. The van der Waals surface area contributed by atoms with Gasteiger partial charge >= 0.3 is 5.69 Å². The molecular formula is C17H15ClN2O3S. The van der Waals surface area contributed by atoms with Crippen LogP contribution in [0.5, 0.6) is 0 Å². The first-order valence-corrected chi connectivity index (χ1v) is 9.04. The van der Waals surface area contributed by atoms with Gasteiger partial charge in [-0.15, -0.1) is 0 Å². The van der Waals surface area contributed by atoms with Gasteiger partial charge in [0.25, 0.3) is 10.0 Å². The highest BCUT2D eigenvalue weighted by atomic mass is 35.5. The Labute approximate surface area is 144 Å². The number of aryl methyl sites for hydroxylation is 1. The molecule has 0 aliphatic carbocycles. The molecule has 0 radical (unpaired) electrons. The fraction of sp³-hybridized carbons (Fsp3) is 0.118. The molecule has 3 aromatic rings. The van der Waals surface area contributed by atoms with E-state index in [-0.39, 0.29) is 11.4 Å². The van der Waals surface area contributed by atoms with Crippen LogP contribution in [-0.2, 0) is 16.6 Å². The first kappa shape index (κ1) is 16.5. The SMILES string of the molecule is Cc1ccc(S(=O)(=O)n2ccn(Cc3ccc(Cl)cc3)c2=O)cc1. The second-order valence-electron chi connectivity index (χ2n) is 5.45. The predicted octanol–water partition coefficient (Wildman–Crippen LogP) is 2.90. The highest BCUT2D eigenvalue weighted by molar-refractivity contribution is 7.90. The standard InChI is InChI=1S/C17H15ClN2O3S/c1-13-2-8-16(9-3-13)24(22,23)20-11-10-19(17(20)21)12-14-4-6-15(18)7-5-14/h2-11H,12H2,1H3. The zero-order chi connectivity index (χ0) is 17.3. The van der Waals surface area contributed by atoms with Gasteiger partial charge in [-0.1, -0.05) is 41.4 Å². The van der Waals surface area contributed by atoms with E-state index in [2.05, 4.69) is 0 Å².